The van der Waals surface area contributed by atoms with Gasteiger partial charge in [0.15, 0.2) is 0 Å². The lowest BCUT2D eigenvalue weighted by Crippen LogP contribution is -2.41. The normalized spacial score (nSPS) is 10.6. The number of aryl methyl sites for hydroxylation is 1. The molecule has 1 aromatic heterocycles. The van der Waals surface area contributed by atoms with E-state index in [0.717, 1.165) is 0 Å². The lowest BCUT2D eigenvalue weighted by Gasteiger charge is -2.05. The Bertz CT molecular complexity index is 827. The van der Waals surface area contributed by atoms with Crippen molar-refractivity contribution in [1.82, 2.24) is 10.9 Å². The number of hydrogen-bond acceptors (Lipinski definition) is 5. The highest BCUT2D eigenvalue weighted by Crippen LogP contribution is 2.11. The third kappa shape index (κ3) is 7.15. The minimum atomic E-state index is -0.546. The quantitative estimate of drug-likeness (QED) is 0.438. The number of esters is 1. The number of methoxy groups -OCH3 is 1. The summed E-state index contributed by atoms with van der Waals surface area (Å²) >= 11 is 0. The number of carbonyl (C=O) groups excluding carboxylic acids is 3. The van der Waals surface area contributed by atoms with Crippen molar-refractivity contribution >= 4 is 23.9 Å². The second-order valence-corrected chi connectivity index (χ2v) is 5.55. The fourth-order valence-electron chi connectivity index (χ4n) is 2.11. The number of furan rings is 1. The summed E-state index contributed by atoms with van der Waals surface area (Å²) in [6.07, 6.45) is 3.23. The third-order valence-corrected chi connectivity index (χ3v) is 3.49. The molecule has 0 atom stereocenters. The zero-order valence-electron chi connectivity index (χ0n) is 14.7. The average molecular weight is 374 g/mol. The minimum absolute atomic E-state index is 0.00596. The summed E-state index contributed by atoms with van der Waals surface area (Å²) in [5.74, 6) is -0.680. The molecule has 0 unspecified atom stereocenters. The number of hydrogen-bond donors (Lipinski definition) is 2. The second-order valence-electron chi connectivity index (χ2n) is 5.55. The first-order valence-electron chi connectivity index (χ1n) is 8.13. The van der Waals surface area contributed by atoms with Crippen LogP contribution in [0.2, 0.25) is 0 Å². The predicted molar refractivity (Wildman–Crippen MR) is 94.5 cm³/mol. The zero-order chi connectivity index (χ0) is 19.6. The van der Waals surface area contributed by atoms with Crippen molar-refractivity contribution in [3.05, 3.63) is 65.4 Å². The van der Waals surface area contributed by atoms with Crippen molar-refractivity contribution < 1.29 is 27.9 Å². The van der Waals surface area contributed by atoms with Gasteiger partial charge in [-0.25, -0.2) is 4.39 Å². The van der Waals surface area contributed by atoms with Crippen molar-refractivity contribution in [1.29, 1.82) is 0 Å². The van der Waals surface area contributed by atoms with Crippen molar-refractivity contribution in [2.24, 2.45) is 0 Å². The monoisotopic (exact) mass is 374 g/mol. The minimum Gasteiger partial charge on any atom is -0.469 e. The Morgan fingerprint density at radius 2 is 1.85 bits per heavy atom. The fraction of sp³-hybridized carbons (Fsp3) is 0.211. The largest absolute Gasteiger partial charge is 0.469 e. The lowest BCUT2D eigenvalue weighted by atomic mass is 10.1. The van der Waals surface area contributed by atoms with Gasteiger partial charge < -0.3 is 9.15 Å². The number of halogens is 1. The number of carbonyl (C=O) groups is 3. The Kier molecular flexibility index (Phi) is 7.30. The van der Waals surface area contributed by atoms with Crippen LogP contribution in [0.5, 0.6) is 0 Å². The van der Waals surface area contributed by atoms with E-state index < -0.39 is 11.8 Å². The molecule has 8 heteroatoms. The Morgan fingerprint density at radius 3 is 2.56 bits per heavy atom. The maximum atomic E-state index is 12.8. The smallest absolute Gasteiger partial charge is 0.305 e. The molecule has 0 radical (unpaired) electrons. The van der Waals surface area contributed by atoms with Crippen LogP contribution in [0, 0.1) is 5.82 Å². The van der Waals surface area contributed by atoms with Gasteiger partial charge in [-0.3, -0.25) is 25.2 Å². The van der Waals surface area contributed by atoms with Gasteiger partial charge in [-0.1, -0.05) is 12.1 Å². The third-order valence-electron chi connectivity index (χ3n) is 3.49. The first-order valence-corrected chi connectivity index (χ1v) is 8.13. The Labute approximate surface area is 155 Å². The number of rotatable bonds is 7. The van der Waals surface area contributed by atoms with E-state index in [1.807, 2.05) is 0 Å². The molecule has 2 aromatic rings. The van der Waals surface area contributed by atoms with Gasteiger partial charge in [-0.15, -0.1) is 0 Å². The van der Waals surface area contributed by atoms with Crippen LogP contribution in [0.4, 0.5) is 4.39 Å². The number of amides is 2. The van der Waals surface area contributed by atoms with Gasteiger partial charge in [-0.05, 0) is 35.9 Å². The molecule has 7 nitrogen and oxygen atoms in total. The van der Waals surface area contributed by atoms with E-state index in [4.69, 9.17) is 4.42 Å². The van der Waals surface area contributed by atoms with E-state index in [-0.39, 0.29) is 24.6 Å². The molecule has 1 aromatic carbocycles. The summed E-state index contributed by atoms with van der Waals surface area (Å²) in [6.45, 7) is 0. The standard InChI is InChI=1S/C19H19FN2O5/c1-26-19(25)11-9-16-7-6-15(27-16)8-10-17(23)21-22-18(24)12-13-2-4-14(20)5-3-13/h2-8,10H,9,11-12H2,1H3,(H,21,23)(H,22,24)/b10-8+. The molecular formula is C19H19FN2O5. The summed E-state index contributed by atoms with van der Waals surface area (Å²) in [7, 11) is 1.32. The van der Waals surface area contributed by atoms with E-state index in [2.05, 4.69) is 15.6 Å². The molecule has 0 aliphatic rings. The predicted octanol–water partition coefficient (Wildman–Crippen LogP) is 1.93. The summed E-state index contributed by atoms with van der Waals surface area (Å²) in [5, 5.41) is 0. The topological polar surface area (TPSA) is 97.6 Å². The van der Waals surface area contributed by atoms with Crippen molar-refractivity contribution in [2.45, 2.75) is 19.3 Å². The number of benzene rings is 1. The van der Waals surface area contributed by atoms with Crippen LogP contribution in [0.3, 0.4) is 0 Å². The average Bonchev–Trinajstić information content (AvgIpc) is 3.12. The molecule has 2 rings (SSSR count). The van der Waals surface area contributed by atoms with Crippen LogP contribution in [0.25, 0.3) is 6.08 Å². The van der Waals surface area contributed by atoms with Crippen LogP contribution in [0.15, 0.2) is 46.9 Å². The van der Waals surface area contributed by atoms with Crippen LogP contribution in [-0.2, 0) is 32.0 Å². The molecule has 2 N–H and O–H groups in total. The summed E-state index contributed by atoms with van der Waals surface area (Å²) < 4.78 is 22.8. The molecule has 27 heavy (non-hydrogen) atoms. The zero-order valence-corrected chi connectivity index (χ0v) is 14.7. The molecule has 2 amide bonds. The molecule has 0 saturated heterocycles. The SMILES string of the molecule is COC(=O)CCc1ccc(/C=C/C(=O)NNC(=O)Cc2ccc(F)cc2)o1. The highest BCUT2D eigenvalue weighted by atomic mass is 19.1. The Balaban J connectivity index is 1.74. The molecule has 0 aliphatic carbocycles. The first-order chi connectivity index (χ1) is 13.0. The lowest BCUT2D eigenvalue weighted by molar-refractivity contribution is -0.140. The molecule has 142 valence electrons. The molecule has 0 saturated carbocycles. The highest BCUT2D eigenvalue weighted by molar-refractivity contribution is 5.93. The van der Waals surface area contributed by atoms with Gasteiger partial charge in [-0.2, -0.15) is 0 Å². The van der Waals surface area contributed by atoms with Crippen LogP contribution in [-0.4, -0.2) is 24.9 Å². The van der Waals surface area contributed by atoms with Gasteiger partial charge in [0.05, 0.1) is 20.0 Å². The van der Waals surface area contributed by atoms with Crippen LogP contribution in [0.1, 0.15) is 23.5 Å². The van der Waals surface area contributed by atoms with Crippen LogP contribution < -0.4 is 10.9 Å². The molecule has 1 heterocycles. The van der Waals surface area contributed by atoms with Gasteiger partial charge in [0, 0.05) is 12.5 Å². The second kappa shape index (κ2) is 9.91. The van der Waals surface area contributed by atoms with E-state index in [9.17, 15) is 18.8 Å². The van der Waals surface area contributed by atoms with Gasteiger partial charge in [0.2, 0.25) is 5.91 Å². The molecule has 0 fully saturated rings. The van der Waals surface area contributed by atoms with Crippen molar-refractivity contribution in [3.63, 3.8) is 0 Å². The maximum absolute atomic E-state index is 12.8. The van der Waals surface area contributed by atoms with Gasteiger partial charge >= 0.3 is 5.97 Å². The van der Waals surface area contributed by atoms with Gasteiger partial charge in [0.25, 0.3) is 5.91 Å². The maximum Gasteiger partial charge on any atom is 0.305 e. The van der Waals surface area contributed by atoms with E-state index in [1.54, 1.807) is 12.1 Å². The number of ether oxygens (including phenoxy) is 1. The first kappa shape index (κ1) is 19.9. The van der Waals surface area contributed by atoms with Crippen LogP contribution >= 0.6 is 0 Å². The molecule has 0 spiro atoms. The molecule has 0 bridgehead atoms. The van der Waals surface area contributed by atoms with Gasteiger partial charge in [0.1, 0.15) is 17.3 Å². The summed E-state index contributed by atoms with van der Waals surface area (Å²) in [6, 6.07) is 8.85. The highest BCUT2D eigenvalue weighted by Gasteiger charge is 2.06. The molecule has 0 aliphatic heterocycles. The number of hydrazine groups is 1. The van der Waals surface area contributed by atoms with E-state index in [0.29, 0.717) is 23.5 Å². The Morgan fingerprint density at radius 1 is 1.11 bits per heavy atom. The summed E-state index contributed by atoms with van der Waals surface area (Å²) in [4.78, 5) is 34.5. The van der Waals surface area contributed by atoms with Crippen molar-refractivity contribution in [3.8, 4) is 0 Å². The van der Waals surface area contributed by atoms with E-state index >= 15 is 0 Å². The Hall–Kier alpha value is -3.42. The van der Waals surface area contributed by atoms with Crippen molar-refractivity contribution in [2.75, 3.05) is 7.11 Å². The number of nitrogens with one attached hydrogen (secondary N) is 2. The van der Waals surface area contributed by atoms with E-state index in [1.165, 1.54) is 43.5 Å². The summed E-state index contributed by atoms with van der Waals surface area (Å²) in [5.41, 5.74) is 5.12. The molecular weight excluding hydrogens is 355 g/mol. The fourth-order valence-corrected chi connectivity index (χ4v) is 2.11.